The van der Waals surface area contributed by atoms with Gasteiger partial charge in [0, 0.05) is 12.6 Å². The Kier molecular flexibility index (Phi) is 4.36. The van der Waals surface area contributed by atoms with Gasteiger partial charge < -0.3 is 10.4 Å². The number of carbonyl (C=O) groups excluding carboxylic acids is 1. The van der Waals surface area contributed by atoms with E-state index < -0.39 is 6.10 Å². The molecular weight excluding hydrogens is 230 g/mol. The van der Waals surface area contributed by atoms with Crippen LogP contribution >= 0.6 is 0 Å². The maximum atomic E-state index is 12.0. The molecule has 0 aliphatic heterocycles. The van der Waals surface area contributed by atoms with Crippen LogP contribution in [-0.2, 0) is 11.3 Å². The number of carbonyl (C=O) groups is 1. The van der Waals surface area contributed by atoms with E-state index in [4.69, 9.17) is 0 Å². The number of aryl methyl sites for hydroxylation is 1. The van der Waals surface area contributed by atoms with Crippen molar-refractivity contribution in [2.75, 3.05) is 5.32 Å². The molecule has 0 saturated heterocycles. The normalized spacial score (nSPS) is 23.2. The van der Waals surface area contributed by atoms with Gasteiger partial charge in [-0.3, -0.25) is 4.79 Å². The van der Waals surface area contributed by atoms with E-state index in [0.29, 0.717) is 0 Å². The van der Waals surface area contributed by atoms with Crippen LogP contribution in [-0.4, -0.2) is 26.9 Å². The molecule has 0 aromatic carbocycles. The fraction of sp³-hybridized carbons (Fsp3) is 0.692. The molecule has 0 spiro atoms. The second kappa shape index (κ2) is 6.00. The smallest absolute Gasteiger partial charge is 0.231 e. The van der Waals surface area contributed by atoms with Crippen molar-refractivity contribution in [3.8, 4) is 0 Å². The van der Waals surface area contributed by atoms with Crippen molar-refractivity contribution in [3.63, 3.8) is 0 Å². The SMILES string of the molecule is CCCCn1nccc1NC(=O)C1CCCC1O. The number of anilines is 1. The number of unbranched alkanes of at least 4 members (excludes halogenated alkanes) is 1. The molecule has 2 N–H and O–H groups in total. The predicted octanol–water partition coefficient (Wildman–Crippen LogP) is 1.78. The number of nitrogens with one attached hydrogen (secondary N) is 1. The Morgan fingerprint density at radius 1 is 1.61 bits per heavy atom. The monoisotopic (exact) mass is 251 g/mol. The first-order valence-electron chi connectivity index (χ1n) is 6.73. The van der Waals surface area contributed by atoms with Crippen LogP contribution < -0.4 is 5.32 Å². The summed E-state index contributed by atoms with van der Waals surface area (Å²) in [5, 5.41) is 16.8. The molecule has 2 unspecified atom stereocenters. The lowest BCUT2D eigenvalue weighted by atomic mass is 10.1. The fourth-order valence-electron chi connectivity index (χ4n) is 2.39. The summed E-state index contributed by atoms with van der Waals surface area (Å²) >= 11 is 0. The lowest BCUT2D eigenvalue weighted by Gasteiger charge is -2.15. The summed E-state index contributed by atoms with van der Waals surface area (Å²) in [5.41, 5.74) is 0. The predicted molar refractivity (Wildman–Crippen MR) is 69.1 cm³/mol. The van der Waals surface area contributed by atoms with Crippen LogP contribution in [0.15, 0.2) is 12.3 Å². The van der Waals surface area contributed by atoms with Gasteiger partial charge in [0.1, 0.15) is 5.82 Å². The molecule has 1 amide bonds. The molecule has 5 nitrogen and oxygen atoms in total. The average Bonchev–Trinajstić information content (AvgIpc) is 2.95. The number of amides is 1. The largest absolute Gasteiger partial charge is 0.392 e. The van der Waals surface area contributed by atoms with Crippen molar-refractivity contribution >= 4 is 11.7 Å². The van der Waals surface area contributed by atoms with E-state index in [1.807, 2.05) is 4.68 Å². The lowest BCUT2D eigenvalue weighted by Crippen LogP contribution is -2.29. The van der Waals surface area contributed by atoms with Gasteiger partial charge in [0.25, 0.3) is 0 Å². The Labute approximate surface area is 107 Å². The van der Waals surface area contributed by atoms with Gasteiger partial charge in [0.2, 0.25) is 5.91 Å². The van der Waals surface area contributed by atoms with Gasteiger partial charge in [-0.15, -0.1) is 0 Å². The van der Waals surface area contributed by atoms with Gasteiger partial charge in [0.05, 0.1) is 18.2 Å². The maximum absolute atomic E-state index is 12.0. The molecule has 2 rings (SSSR count). The van der Waals surface area contributed by atoms with Gasteiger partial charge >= 0.3 is 0 Å². The van der Waals surface area contributed by atoms with Gasteiger partial charge in [0.15, 0.2) is 0 Å². The first kappa shape index (κ1) is 13.1. The van der Waals surface area contributed by atoms with Crippen molar-refractivity contribution in [3.05, 3.63) is 12.3 Å². The number of aromatic nitrogens is 2. The molecule has 1 fully saturated rings. The molecule has 0 bridgehead atoms. The van der Waals surface area contributed by atoms with Crippen molar-refractivity contribution < 1.29 is 9.90 Å². The lowest BCUT2D eigenvalue weighted by molar-refractivity contribution is -0.122. The van der Waals surface area contributed by atoms with E-state index >= 15 is 0 Å². The van der Waals surface area contributed by atoms with Crippen molar-refractivity contribution in [2.24, 2.45) is 5.92 Å². The summed E-state index contributed by atoms with van der Waals surface area (Å²) in [4.78, 5) is 12.0. The van der Waals surface area contributed by atoms with Crippen LogP contribution in [0.25, 0.3) is 0 Å². The van der Waals surface area contributed by atoms with E-state index in [0.717, 1.165) is 44.5 Å². The molecule has 1 aromatic heterocycles. The third-order valence-electron chi connectivity index (χ3n) is 3.51. The zero-order chi connectivity index (χ0) is 13.0. The maximum Gasteiger partial charge on any atom is 0.231 e. The Bertz CT molecular complexity index is 403. The molecule has 1 saturated carbocycles. The van der Waals surface area contributed by atoms with Gasteiger partial charge in [-0.25, -0.2) is 4.68 Å². The van der Waals surface area contributed by atoms with E-state index in [1.54, 1.807) is 12.3 Å². The molecular formula is C13H21N3O2. The number of rotatable bonds is 5. The number of aliphatic hydroxyl groups excluding tert-OH is 1. The van der Waals surface area contributed by atoms with Crippen molar-refractivity contribution in [2.45, 2.75) is 51.7 Å². The summed E-state index contributed by atoms with van der Waals surface area (Å²) < 4.78 is 1.81. The highest BCUT2D eigenvalue weighted by molar-refractivity contribution is 5.92. The standard InChI is InChI=1S/C13H21N3O2/c1-2-3-9-16-12(7-8-14-16)15-13(18)10-5-4-6-11(10)17/h7-8,10-11,17H,2-6,9H2,1H3,(H,15,18). The Morgan fingerprint density at radius 3 is 3.11 bits per heavy atom. The summed E-state index contributed by atoms with van der Waals surface area (Å²) in [5.74, 6) is 0.380. The molecule has 18 heavy (non-hydrogen) atoms. The van der Waals surface area contributed by atoms with Crippen LogP contribution in [0.2, 0.25) is 0 Å². The minimum absolute atomic E-state index is 0.0850. The average molecular weight is 251 g/mol. The number of hydrogen-bond acceptors (Lipinski definition) is 3. The highest BCUT2D eigenvalue weighted by Crippen LogP contribution is 2.26. The third kappa shape index (κ3) is 2.90. The zero-order valence-corrected chi connectivity index (χ0v) is 10.8. The Hall–Kier alpha value is -1.36. The fourth-order valence-corrected chi connectivity index (χ4v) is 2.39. The quantitative estimate of drug-likeness (QED) is 0.838. The van der Waals surface area contributed by atoms with E-state index in [1.165, 1.54) is 0 Å². The number of aliphatic hydroxyl groups is 1. The van der Waals surface area contributed by atoms with Crippen LogP contribution in [0, 0.1) is 5.92 Å². The molecule has 2 atom stereocenters. The van der Waals surface area contributed by atoms with Gasteiger partial charge in [-0.05, 0) is 25.7 Å². The molecule has 1 aromatic rings. The molecule has 1 aliphatic rings. The third-order valence-corrected chi connectivity index (χ3v) is 3.51. The minimum Gasteiger partial charge on any atom is -0.392 e. The summed E-state index contributed by atoms with van der Waals surface area (Å²) in [6, 6.07) is 1.80. The van der Waals surface area contributed by atoms with E-state index in [9.17, 15) is 9.90 Å². The van der Waals surface area contributed by atoms with Crippen LogP contribution in [0.5, 0.6) is 0 Å². The second-order valence-corrected chi connectivity index (χ2v) is 4.89. The Balaban J connectivity index is 1.96. The van der Waals surface area contributed by atoms with E-state index in [-0.39, 0.29) is 11.8 Å². The first-order valence-corrected chi connectivity index (χ1v) is 6.73. The van der Waals surface area contributed by atoms with Crippen LogP contribution in [0.4, 0.5) is 5.82 Å². The molecule has 100 valence electrons. The van der Waals surface area contributed by atoms with E-state index in [2.05, 4.69) is 17.3 Å². The molecule has 1 heterocycles. The number of nitrogens with zero attached hydrogens (tertiary/aromatic N) is 2. The van der Waals surface area contributed by atoms with Crippen LogP contribution in [0.3, 0.4) is 0 Å². The Morgan fingerprint density at radius 2 is 2.44 bits per heavy atom. The zero-order valence-electron chi connectivity index (χ0n) is 10.8. The van der Waals surface area contributed by atoms with Gasteiger partial charge in [-0.2, -0.15) is 5.10 Å². The molecule has 0 radical (unpaired) electrons. The number of hydrogen-bond donors (Lipinski definition) is 2. The second-order valence-electron chi connectivity index (χ2n) is 4.89. The molecule has 1 aliphatic carbocycles. The van der Waals surface area contributed by atoms with Crippen LogP contribution in [0.1, 0.15) is 39.0 Å². The molecule has 5 heteroatoms. The topological polar surface area (TPSA) is 67.2 Å². The van der Waals surface area contributed by atoms with Crippen molar-refractivity contribution in [1.82, 2.24) is 9.78 Å². The summed E-state index contributed by atoms with van der Waals surface area (Å²) in [6.07, 6.45) is 5.76. The highest BCUT2D eigenvalue weighted by Gasteiger charge is 2.31. The summed E-state index contributed by atoms with van der Waals surface area (Å²) in [7, 11) is 0. The van der Waals surface area contributed by atoms with Crippen molar-refractivity contribution in [1.29, 1.82) is 0 Å². The first-order chi connectivity index (χ1) is 8.72. The summed E-state index contributed by atoms with van der Waals surface area (Å²) in [6.45, 7) is 2.93. The van der Waals surface area contributed by atoms with Gasteiger partial charge in [-0.1, -0.05) is 13.3 Å². The minimum atomic E-state index is -0.489. The highest BCUT2D eigenvalue weighted by atomic mass is 16.3.